The molecular formula is C16H21ClN2O3. The van der Waals surface area contributed by atoms with Crippen LogP contribution in [0.15, 0.2) is 24.3 Å². The minimum atomic E-state index is -0.779. The van der Waals surface area contributed by atoms with Gasteiger partial charge in [0.15, 0.2) is 0 Å². The third kappa shape index (κ3) is 4.45. The van der Waals surface area contributed by atoms with Crippen molar-refractivity contribution in [3.63, 3.8) is 0 Å². The predicted octanol–water partition coefficient (Wildman–Crippen LogP) is 2.14. The van der Waals surface area contributed by atoms with Crippen molar-refractivity contribution in [2.75, 3.05) is 13.1 Å². The lowest BCUT2D eigenvalue weighted by Crippen LogP contribution is -2.50. The summed E-state index contributed by atoms with van der Waals surface area (Å²) in [7, 11) is 0. The molecule has 1 saturated heterocycles. The molecule has 0 bridgehead atoms. The van der Waals surface area contributed by atoms with Crippen molar-refractivity contribution in [1.82, 2.24) is 10.2 Å². The van der Waals surface area contributed by atoms with Crippen molar-refractivity contribution < 1.29 is 14.7 Å². The van der Waals surface area contributed by atoms with Gasteiger partial charge in [0.1, 0.15) is 0 Å². The Morgan fingerprint density at radius 2 is 2.09 bits per heavy atom. The Hall–Kier alpha value is -1.59. The van der Waals surface area contributed by atoms with Gasteiger partial charge in [-0.25, -0.2) is 0 Å². The lowest BCUT2D eigenvalue weighted by Gasteiger charge is -2.34. The number of carbonyl (C=O) groups excluding carboxylic acids is 1. The normalized spacial score (nSPS) is 20.4. The Kier molecular flexibility index (Phi) is 5.80. The first-order valence-electron chi connectivity index (χ1n) is 7.46. The summed E-state index contributed by atoms with van der Waals surface area (Å²) in [5.74, 6) is -1.24. The van der Waals surface area contributed by atoms with Crippen LogP contribution in [0.2, 0.25) is 5.02 Å². The summed E-state index contributed by atoms with van der Waals surface area (Å²) >= 11 is 5.82. The summed E-state index contributed by atoms with van der Waals surface area (Å²) in [6.45, 7) is 3.46. The Bertz CT molecular complexity index is 533. The van der Waals surface area contributed by atoms with Crippen LogP contribution < -0.4 is 5.32 Å². The molecular weight excluding hydrogens is 304 g/mol. The van der Waals surface area contributed by atoms with Crippen LogP contribution in [0.5, 0.6) is 0 Å². The number of aliphatic carboxylic acids is 1. The van der Waals surface area contributed by atoms with E-state index in [1.807, 2.05) is 24.0 Å². The molecule has 1 heterocycles. The topological polar surface area (TPSA) is 69.6 Å². The average Bonchev–Trinajstić information content (AvgIpc) is 2.53. The number of carboxylic acids is 1. The molecule has 1 aromatic rings. The Labute approximate surface area is 135 Å². The standard InChI is InChI=1S/C16H21ClN2O3/c1-11(19-8-2-3-13(10-19)16(21)22)15(20)18-9-12-4-6-14(17)7-5-12/h4-7,11,13H,2-3,8-10H2,1H3,(H,18,20)(H,21,22). The highest BCUT2D eigenvalue weighted by Crippen LogP contribution is 2.18. The Morgan fingerprint density at radius 3 is 2.73 bits per heavy atom. The van der Waals surface area contributed by atoms with Gasteiger partial charge < -0.3 is 10.4 Å². The first-order chi connectivity index (χ1) is 10.5. The van der Waals surface area contributed by atoms with Gasteiger partial charge in [-0.1, -0.05) is 23.7 Å². The van der Waals surface area contributed by atoms with E-state index in [0.717, 1.165) is 18.5 Å². The van der Waals surface area contributed by atoms with Gasteiger partial charge in [0.05, 0.1) is 12.0 Å². The number of halogens is 1. The van der Waals surface area contributed by atoms with Gasteiger partial charge in [-0.05, 0) is 44.0 Å². The highest BCUT2D eigenvalue weighted by molar-refractivity contribution is 6.30. The third-order valence-electron chi connectivity index (χ3n) is 4.11. The predicted molar refractivity (Wildman–Crippen MR) is 84.7 cm³/mol. The zero-order valence-corrected chi connectivity index (χ0v) is 13.3. The van der Waals surface area contributed by atoms with Gasteiger partial charge >= 0.3 is 5.97 Å². The van der Waals surface area contributed by atoms with E-state index < -0.39 is 5.97 Å². The molecule has 1 aliphatic heterocycles. The molecule has 1 aliphatic rings. The second-order valence-corrected chi connectivity index (χ2v) is 6.13. The number of hydrogen-bond acceptors (Lipinski definition) is 3. The highest BCUT2D eigenvalue weighted by atomic mass is 35.5. The first-order valence-corrected chi connectivity index (χ1v) is 7.84. The summed E-state index contributed by atoms with van der Waals surface area (Å²) in [6.07, 6.45) is 1.50. The summed E-state index contributed by atoms with van der Waals surface area (Å²) < 4.78 is 0. The van der Waals surface area contributed by atoms with Gasteiger partial charge in [0.25, 0.3) is 0 Å². The van der Waals surface area contributed by atoms with Crippen LogP contribution in [0.3, 0.4) is 0 Å². The maximum atomic E-state index is 12.2. The Morgan fingerprint density at radius 1 is 1.41 bits per heavy atom. The molecule has 120 valence electrons. The molecule has 0 aliphatic carbocycles. The smallest absolute Gasteiger partial charge is 0.307 e. The maximum absolute atomic E-state index is 12.2. The van der Waals surface area contributed by atoms with Crippen molar-refractivity contribution >= 4 is 23.5 Å². The molecule has 0 radical (unpaired) electrons. The van der Waals surface area contributed by atoms with Gasteiger partial charge in [-0.15, -0.1) is 0 Å². The van der Waals surface area contributed by atoms with Gasteiger partial charge in [0.2, 0.25) is 5.91 Å². The quantitative estimate of drug-likeness (QED) is 0.870. The van der Waals surface area contributed by atoms with E-state index >= 15 is 0 Å². The largest absolute Gasteiger partial charge is 0.481 e. The van der Waals surface area contributed by atoms with Crippen LogP contribution in [0, 0.1) is 5.92 Å². The molecule has 1 amide bonds. The van der Waals surface area contributed by atoms with Crippen LogP contribution in [0.1, 0.15) is 25.3 Å². The monoisotopic (exact) mass is 324 g/mol. The number of carboxylic acid groups (broad SMARTS) is 1. The summed E-state index contributed by atoms with van der Waals surface area (Å²) in [6, 6.07) is 6.99. The third-order valence-corrected chi connectivity index (χ3v) is 4.36. The fraction of sp³-hybridized carbons (Fsp3) is 0.500. The van der Waals surface area contributed by atoms with E-state index in [1.54, 1.807) is 12.1 Å². The van der Waals surface area contributed by atoms with Crippen LogP contribution in [0.25, 0.3) is 0 Å². The molecule has 2 N–H and O–H groups in total. The van der Waals surface area contributed by atoms with Crippen LogP contribution >= 0.6 is 11.6 Å². The number of hydrogen-bond donors (Lipinski definition) is 2. The molecule has 0 spiro atoms. The fourth-order valence-electron chi connectivity index (χ4n) is 2.66. The number of nitrogens with one attached hydrogen (secondary N) is 1. The SMILES string of the molecule is CC(C(=O)NCc1ccc(Cl)cc1)N1CCCC(C(=O)O)C1. The van der Waals surface area contributed by atoms with Crippen molar-refractivity contribution in [1.29, 1.82) is 0 Å². The molecule has 1 fully saturated rings. The minimum Gasteiger partial charge on any atom is -0.481 e. The summed E-state index contributed by atoms with van der Waals surface area (Å²) in [4.78, 5) is 25.3. The first kappa shape index (κ1) is 16.8. The molecule has 2 unspecified atom stereocenters. The van der Waals surface area contributed by atoms with E-state index in [2.05, 4.69) is 5.32 Å². The number of carbonyl (C=O) groups is 2. The summed E-state index contributed by atoms with van der Waals surface area (Å²) in [5, 5.41) is 12.7. The number of benzene rings is 1. The minimum absolute atomic E-state index is 0.0824. The number of likely N-dealkylation sites (tertiary alicyclic amines) is 1. The molecule has 0 saturated carbocycles. The van der Waals surface area contributed by atoms with E-state index in [0.29, 0.717) is 24.5 Å². The second-order valence-electron chi connectivity index (χ2n) is 5.69. The maximum Gasteiger partial charge on any atom is 0.307 e. The van der Waals surface area contributed by atoms with Crippen LogP contribution in [-0.4, -0.2) is 41.0 Å². The zero-order valence-electron chi connectivity index (χ0n) is 12.6. The number of rotatable bonds is 5. The number of piperidine rings is 1. The molecule has 22 heavy (non-hydrogen) atoms. The van der Waals surface area contributed by atoms with Crippen molar-refractivity contribution in [3.8, 4) is 0 Å². The van der Waals surface area contributed by atoms with E-state index in [1.165, 1.54) is 0 Å². The van der Waals surface area contributed by atoms with Crippen molar-refractivity contribution in [3.05, 3.63) is 34.9 Å². The van der Waals surface area contributed by atoms with E-state index in [4.69, 9.17) is 16.7 Å². The molecule has 6 heteroatoms. The average molecular weight is 325 g/mol. The lowest BCUT2D eigenvalue weighted by atomic mass is 9.97. The zero-order chi connectivity index (χ0) is 16.1. The van der Waals surface area contributed by atoms with Crippen LogP contribution in [0.4, 0.5) is 0 Å². The summed E-state index contributed by atoms with van der Waals surface area (Å²) in [5.41, 5.74) is 0.979. The second kappa shape index (κ2) is 7.61. The molecule has 5 nitrogen and oxygen atoms in total. The van der Waals surface area contributed by atoms with E-state index in [-0.39, 0.29) is 17.9 Å². The molecule has 2 atom stereocenters. The highest BCUT2D eigenvalue weighted by Gasteiger charge is 2.30. The van der Waals surface area contributed by atoms with Crippen LogP contribution in [-0.2, 0) is 16.1 Å². The molecule has 1 aromatic carbocycles. The lowest BCUT2D eigenvalue weighted by molar-refractivity contribution is -0.145. The van der Waals surface area contributed by atoms with Gasteiger partial charge in [-0.3, -0.25) is 14.5 Å². The molecule has 2 rings (SSSR count). The van der Waals surface area contributed by atoms with Crippen molar-refractivity contribution in [2.45, 2.75) is 32.4 Å². The number of nitrogens with zero attached hydrogens (tertiary/aromatic N) is 1. The van der Waals surface area contributed by atoms with Gasteiger partial charge in [-0.2, -0.15) is 0 Å². The van der Waals surface area contributed by atoms with E-state index in [9.17, 15) is 9.59 Å². The van der Waals surface area contributed by atoms with Crippen molar-refractivity contribution in [2.24, 2.45) is 5.92 Å². The fourth-order valence-corrected chi connectivity index (χ4v) is 2.79. The van der Waals surface area contributed by atoms with Gasteiger partial charge in [0, 0.05) is 18.1 Å². The Balaban J connectivity index is 1.86. The number of amides is 1. The molecule has 0 aromatic heterocycles.